The molecule has 3 N–H and O–H groups in total. The first-order valence-corrected chi connectivity index (χ1v) is 7.63. The zero-order valence-electron chi connectivity index (χ0n) is 11.1. The van der Waals surface area contributed by atoms with E-state index in [4.69, 9.17) is 15.2 Å². The van der Waals surface area contributed by atoms with Crippen LogP contribution < -0.4 is 10.5 Å². The van der Waals surface area contributed by atoms with Crippen molar-refractivity contribution in [3.63, 3.8) is 0 Å². The van der Waals surface area contributed by atoms with Crippen LogP contribution in [0.4, 0.5) is 10.1 Å². The Labute approximate surface area is 117 Å². The summed E-state index contributed by atoms with van der Waals surface area (Å²) in [5.74, 6) is -0.650. The normalized spacial score (nSPS) is 20.0. The van der Waals surface area contributed by atoms with Crippen molar-refractivity contribution < 1.29 is 22.3 Å². The second-order valence-electron chi connectivity index (χ2n) is 4.54. The van der Waals surface area contributed by atoms with E-state index in [1.54, 1.807) is 0 Å². The summed E-state index contributed by atoms with van der Waals surface area (Å²) in [5.41, 5.74) is 5.91. The maximum absolute atomic E-state index is 13.5. The Morgan fingerprint density at radius 2 is 2.20 bits per heavy atom. The first kappa shape index (κ1) is 15.2. The van der Waals surface area contributed by atoms with Gasteiger partial charge in [-0.15, -0.1) is 0 Å². The number of nitrogens with one attached hydrogen (secondary N) is 1. The van der Waals surface area contributed by atoms with Gasteiger partial charge >= 0.3 is 0 Å². The van der Waals surface area contributed by atoms with Crippen LogP contribution >= 0.6 is 0 Å². The van der Waals surface area contributed by atoms with Gasteiger partial charge in [0.2, 0.25) is 10.0 Å². The molecule has 0 aliphatic carbocycles. The van der Waals surface area contributed by atoms with E-state index in [0.717, 1.165) is 6.07 Å². The largest absolute Gasteiger partial charge is 0.398 e. The third kappa shape index (κ3) is 3.45. The fraction of sp³-hybridized carbons (Fsp3) is 0.500. The zero-order chi connectivity index (χ0) is 14.8. The molecule has 1 aliphatic rings. The molecule has 1 atom stereocenters. The van der Waals surface area contributed by atoms with Gasteiger partial charge in [0.05, 0.1) is 30.8 Å². The molecule has 0 amide bonds. The van der Waals surface area contributed by atoms with Gasteiger partial charge in [-0.3, -0.25) is 0 Å². The van der Waals surface area contributed by atoms with Crippen molar-refractivity contribution in [1.29, 1.82) is 0 Å². The highest BCUT2D eigenvalue weighted by Gasteiger charge is 2.21. The lowest BCUT2D eigenvalue weighted by Gasteiger charge is -2.23. The highest BCUT2D eigenvalue weighted by Crippen LogP contribution is 2.20. The summed E-state index contributed by atoms with van der Waals surface area (Å²) in [6, 6.07) is 2.19. The van der Waals surface area contributed by atoms with Crippen molar-refractivity contribution in [3.8, 4) is 0 Å². The number of nitrogens with two attached hydrogens (primary N) is 1. The molecule has 112 valence electrons. The first-order valence-electron chi connectivity index (χ1n) is 6.15. The van der Waals surface area contributed by atoms with Gasteiger partial charge in [0, 0.05) is 17.8 Å². The Bertz CT molecular complexity index is 562. The lowest BCUT2D eigenvalue weighted by molar-refractivity contribution is -0.0846. The molecule has 8 heteroatoms. The van der Waals surface area contributed by atoms with E-state index in [2.05, 4.69) is 4.72 Å². The van der Waals surface area contributed by atoms with Crippen LogP contribution in [0.5, 0.6) is 0 Å². The van der Waals surface area contributed by atoms with Crippen LogP contribution in [-0.2, 0) is 19.5 Å². The third-order valence-electron chi connectivity index (χ3n) is 3.05. The molecule has 0 radical (unpaired) electrons. The number of benzene rings is 1. The molecule has 1 saturated heterocycles. The SMILES string of the molecule is Cc1c(N)cc(S(=O)(=O)NCC2COCCO2)cc1F. The van der Waals surface area contributed by atoms with Crippen LogP contribution in [-0.4, -0.2) is 40.9 Å². The topological polar surface area (TPSA) is 90.7 Å². The van der Waals surface area contributed by atoms with Crippen molar-refractivity contribution in [3.05, 3.63) is 23.5 Å². The number of halogens is 1. The average Bonchev–Trinajstić information content (AvgIpc) is 2.43. The quantitative estimate of drug-likeness (QED) is 0.786. The number of ether oxygens (including phenoxy) is 2. The van der Waals surface area contributed by atoms with Crippen molar-refractivity contribution in [2.24, 2.45) is 0 Å². The van der Waals surface area contributed by atoms with Gasteiger partial charge in [-0.1, -0.05) is 0 Å². The van der Waals surface area contributed by atoms with Crippen LogP contribution in [0.15, 0.2) is 17.0 Å². The summed E-state index contributed by atoms with van der Waals surface area (Å²) >= 11 is 0. The lowest BCUT2D eigenvalue weighted by atomic mass is 10.2. The number of sulfonamides is 1. The number of hydrogen-bond donors (Lipinski definition) is 2. The summed E-state index contributed by atoms with van der Waals surface area (Å²) in [7, 11) is -3.83. The number of nitrogen functional groups attached to an aromatic ring is 1. The molecule has 0 bridgehead atoms. The lowest BCUT2D eigenvalue weighted by Crippen LogP contribution is -2.39. The molecule has 0 saturated carbocycles. The van der Waals surface area contributed by atoms with E-state index < -0.39 is 15.8 Å². The predicted molar refractivity (Wildman–Crippen MR) is 71.3 cm³/mol. The summed E-state index contributed by atoms with van der Waals surface area (Å²) in [6.07, 6.45) is -0.342. The zero-order valence-corrected chi connectivity index (χ0v) is 11.9. The van der Waals surface area contributed by atoms with Crippen LogP contribution in [0, 0.1) is 12.7 Å². The van der Waals surface area contributed by atoms with Crippen molar-refractivity contribution >= 4 is 15.7 Å². The third-order valence-corrected chi connectivity index (χ3v) is 4.46. The first-order chi connectivity index (χ1) is 9.40. The molecular formula is C12H17FN2O4S. The second kappa shape index (κ2) is 6.04. The monoisotopic (exact) mass is 304 g/mol. The molecular weight excluding hydrogens is 287 g/mol. The van der Waals surface area contributed by atoms with Crippen LogP contribution in [0.25, 0.3) is 0 Å². The Balaban J connectivity index is 2.10. The number of hydrogen-bond acceptors (Lipinski definition) is 5. The minimum Gasteiger partial charge on any atom is -0.398 e. The van der Waals surface area contributed by atoms with Crippen molar-refractivity contribution in [1.82, 2.24) is 4.72 Å². The van der Waals surface area contributed by atoms with Crippen LogP contribution in [0.2, 0.25) is 0 Å². The van der Waals surface area contributed by atoms with E-state index in [-0.39, 0.29) is 28.8 Å². The molecule has 1 aliphatic heterocycles. The number of anilines is 1. The van der Waals surface area contributed by atoms with Gasteiger partial charge in [0.15, 0.2) is 0 Å². The minimum absolute atomic E-state index is 0.0672. The molecule has 2 rings (SSSR count). The van der Waals surface area contributed by atoms with Gasteiger partial charge in [-0.25, -0.2) is 17.5 Å². The fourth-order valence-corrected chi connectivity index (χ4v) is 2.88. The molecule has 1 heterocycles. The van der Waals surface area contributed by atoms with Gasteiger partial charge in [0.25, 0.3) is 0 Å². The van der Waals surface area contributed by atoms with E-state index in [0.29, 0.717) is 19.8 Å². The molecule has 0 spiro atoms. The molecule has 20 heavy (non-hydrogen) atoms. The highest BCUT2D eigenvalue weighted by molar-refractivity contribution is 7.89. The summed E-state index contributed by atoms with van der Waals surface area (Å²) in [6.45, 7) is 2.81. The second-order valence-corrected chi connectivity index (χ2v) is 6.31. The van der Waals surface area contributed by atoms with Crippen LogP contribution in [0.1, 0.15) is 5.56 Å². The molecule has 1 unspecified atom stereocenters. The smallest absolute Gasteiger partial charge is 0.240 e. The van der Waals surface area contributed by atoms with Gasteiger partial charge < -0.3 is 15.2 Å². The minimum atomic E-state index is -3.83. The summed E-state index contributed by atoms with van der Waals surface area (Å²) < 4.78 is 50.5. The summed E-state index contributed by atoms with van der Waals surface area (Å²) in [5, 5.41) is 0. The van der Waals surface area contributed by atoms with Crippen LogP contribution in [0.3, 0.4) is 0 Å². The standard InChI is InChI=1S/C12H17FN2O4S/c1-8-11(13)4-10(5-12(8)14)20(16,17)15-6-9-7-18-2-3-19-9/h4-5,9,15H,2-3,6-7,14H2,1H3. The fourth-order valence-electron chi connectivity index (χ4n) is 1.77. The van der Waals surface area contributed by atoms with Crippen molar-refractivity contribution in [2.75, 3.05) is 32.1 Å². The van der Waals surface area contributed by atoms with E-state index in [1.807, 2.05) is 0 Å². The van der Waals surface area contributed by atoms with Gasteiger partial charge in [-0.2, -0.15) is 0 Å². The Kier molecular flexibility index (Phi) is 4.59. The molecule has 6 nitrogen and oxygen atoms in total. The molecule has 1 aromatic carbocycles. The van der Waals surface area contributed by atoms with Gasteiger partial charge in [-0.05, 0) is 19.1 Å². The number of rotatable bonds is 4. The molecule has 1 fully saturated rings. The Hall–Kier alpha value is -1.22. The predicted octanol–water partition coefficient (Wildman–Crippen LogP) is 0.410. The van der Waals surface area contributed by atoms with E-state index in [1.165, 1.54) is 13.0 Å². The van der Waals surface area contributed by atoms with Gasteiger partial charge in [0.1, 0.15) is 5.82 Å². The van der Waals surface area contributed by atoms with E-state index in [9.17, 15) is 12.8 Å². The Morgan fingerprint density at radius 1 is 1.45 bits per heavy atom. The average molecular weight is 304 g/mol. The maximum atomic E-state index is 13.5. The highest BCUT2D eigenvalue weighted by atomic mass is 32.2. The molecule has 1 aromatic rings. The maximum Gasteiger partial charge on any atom is 0.240 e. The van der Waals surface area contributed by atoms with Crippen molar-refractivity contribution in [2.45, 2.75) is 17.9 Å². The Morgan fingerprint density at radius 3 is 2.80 bits per heavy atom. The molecule has 0 aromatic heterocycles. The van der Waals surface area contributed by atoms with E-state index >= 15 is 0 Å². The summed E-state index contributed by atoms with van der Waals surface area (Å²) in [4.78, 5) is -0.199.